The Morgan fingerprint density at radius 1 is 1.06 bits per heavy atom. The van der Waals surface area contributed by atoms with Gasteiger partial charge in [0.1, 0.15) is 0 Å². The molecule has 5 nitrogen and oxygen atoms in total. The number of para-hydroxylation sites is 1. The highest BCUT2D eigenvalue weighted by Gasteiger charge is 2.21. The molecular formula is C25H22ClN3O2S. The van der Waals surface area contributed by atoms with Gasteiger partial charge in [-0.25, -0.2) is 4.98 Å². The monoisotopic (exact) mass is 463 g/mol. The number of halogens is 1. The van der Waals surface area contributed by atoms with Gasteiger partial charge in [-0.2, -0.15) is 0 Å². The third kappa shape index (κ3) is 4.42. The summed E-state index contributed by atoms with van der Waals surface area (Å²) >= 11 is 7.27. The van der Waals surface area contributed by atoms with Crippen molar-refractivity contribution in [2.45, 2.75) is 31.2 Å². The number of aromatic nitrogens is 2. The summed E-state index contributed by atoms with van der Waals surface area (Å²) in [7, 11) is 0. The van der Waals surface area contributed by atoms with Crippen LogP contribution < -0.4 is 10.9 Å². The average molecular weight is 464 g/mol. The van der Waals surface area contributed by atoms with Gasteiger partial charge in [0, 0.05) is 10.7 Å². The number of amides is 1. The highest BCUT2D eigenvalue weighted by atomic mass is 35.5. The van der Waals surface area contributed by atoms with E-state index in [0.717, 1.165) is 16.8 Å². The van der Waals surface area contributed by atoms with Crippen LogP contribution in [0.15, 0.2) is 76.7 Å². The molecule has 7 heteroatoms. The number of carbonyl (C=O) groups excluding carboxylic acids is 1. The summed E-state index contributed by atoms with van der Waals surface area (Å²) in [5, 5.41) is 3.92. The Morgan fingerprint density at radius 2 is 1.81 bits per heavy atom. The molecule has 0 spiro atoms. The fourth-order valence-electron chi connectivity index (χ4n) is 3.40. The molecule has 4 rings (SSSR count). The van der Waals surface area contributed by atoms with Gasteiger partial charge < -0.3 is 5.32 Å². The zero-order chi connectivity index (χ0) is 22.8. The van der Waals surface area contributed by atoms with Gasteiger partial charge in [0.05, 0.1) is 21.8 Å². The van der Waals surface area contributed by atoms with E-state index in [0.29, 0.717) is 26.8 Å². The molecular weight excluding hydrogens is 442 g/mol. The molecule has 1 unspecified atom stereocenters. The number of nitrogens with zero attached hydrogens (tertiary/aromatic N) is 2. The van der Waals surface area contributed by atoms with Gasteiger partial charge in [-0.3, -0.25) is 14.2 Å². The highest BCUT2D eigenvalue weighted by molar-refractivity contribution is 8.00. The minimum absolute atomic E-state index is 0.158. The number of anilines is 1. The predicted molar refractivity (Wildman–Crippen MR) is 132 cm³/mol. The fraction of sp³-hybridized carbons (Fsp3) is 0.160. The first-order valence-electron chi connectivity index (χ1n) is 10.2. The van der Waals surface area contributed by atoms with Crippen LogP contribution in [0.3, 0.4) is 0 Å². The molecule has 3 aromatic carbocycles. The lowest BCUT2D eigenvalue weighted by Crippen LogP contribution is -2.26. The van der Waals surface area contributed by atoms with E-state index < -0.39 is 5.25 Å². The van der Waals surface area contributed by atoms with Crippen molar-refractivity contribution >= 4 is 45.9 Å². The van der Waals surface area contributed by atoms with Crippen molar-refractivity contribution < 1.29 is 4.79 Å². The number of hydrogen-bond acceptors (Lipinski definition) is 4. The van der Waals surface area contributed by atoms with E-state index in [9.17, 15) is 9.59 Å². The molecule has 0 radical (unpaired) electrons. The number of fused-ring (bicyclic) bond motifs is 1. The summed E-state index contributed by atoms with van der Waals surface area (Å²) in [6.07, 6.45) is 0. The second-order valence-electron chi connectivity index (χ2n) is 7.53. The van der Waals surface area contributed by atoms with E-state index >= 15 is 0 Å². The minimum Gasteiger partial charge on any atom is -0.325 e. The molecule has 0 aliphatic heterocycles. The lowest BCUT2D eigenvalue weighted by atomic mass is 10.1. The minimum atomic E-state index is -0.501. The van der Waals surface area contributed by atoms with Crippen LogP contribution in [0, 0.1) is 13.8 Å². The van der Waals surface area contributed by atoms with E-state index in [1.165, 1.54) is 11.8 Å². The van der Waals surface area contributed by atoms with E-state index in [1.54, 1.807) is 41.8 Å². The first-order valence-corrected chi connectivity index (χ1v) is 11.4. The maximum absolute atomic E-state index is 13.5. The Hall–Kier alpha value is -3.09. The number of aryl methyl sites for hydroxylation is 1. The Kier molecular flexibility index (Phi) is 6.35. The zero-order valence-corrected chi connectivity index (χ0v) is 19.5. The van der Waals surface area contributed by atoms with Gasteiger partial charge in [-0.1, -0.05) is 53.7 Å². The Morgan fingerprint density at radius 3 is 2.59 bits per heavy atom. The van der Waals surface area contributed by atoms with Crippen LogP contribution in [-0.2, 0) is 4.79 Å². The van der Waals surface area contributed by atoms with Crippen LogP contribution in [0.25, 0.3) is 16.6 Å². The molecule has 0 bridgehead atoms. The van der Waals surface area contributed by atoms with Crippen LogP contribution in [0.2, 0.25) is 5.02 Å². The first-order chi connectivity index (χ1) is 15.3. The predicted octanol–water partition coefficient (Wildman–Crippen LogP) is 5.78. The normalized spacial score (nSPS) is 12.0. The zero-order valence-electron chi connectivity index (χ0n) is 17.9. The van der Waals surface area contributed by atoms with Crippen molar-refractivity contribution in [3.63, 3.8) is 0 Å². The molecule has 32 heavy (non-hydrogen) atoms. The molecule has 0 aliphatic rings. The van der Waals surface area contributed by atoms with Crippen LogP contribution in [0.4, 0.5) is 5.69 Å². The van der Waals surface area contributed by atoms with E-state index in [-0.39, 0.29) is 11.5 Å². The third-order valence-corrected chi connectivity index (χ3v) is 6.59. The van der Waals surface area contributed by atoms with E-state index in [1.807, 2.05) is 50.2 Å². The Balaban J connectivity index is 1.76. The summed E-state index contributed by atoms with van der Waals surface area (Å²) in [5.41, 5.74) is 3.89. The van der Waals surface area contributed by atoms with Crippen molar-refractivity contribution in [1.82, 2.24) is 9.55 Å². The van der Waals surface area contributed by atoms with Crippen LogP contribution in [-0.4, -0.2) is 20.7 Å². The molecule has 1 heterocycles. The Labute approximate surface area is 195 Å². The molecule has 1 aromatic heterocycles. The summed E-state index contributed by atoms with van der Waals surface area (Å²) in [5.74, 6) is -0.202. The van der Waals surface area contributed by atoms with Crippen LogP contribution >= 0.6 is 23.4 Å². The van der Waals surface area contributed by atoms with Crippen LogP contribution in [0.1, 0.15) is 18.1 Å². The smallest absolute Gasteiger partial charge is 0.266 e. The van der Waals surface area contributed by atoms with Crippen molar-refractivity contribution in [3.05, 3.63) is 93.2 Å². The number of nitrogens with one attached hydrogen (secondary N) is 1. The molecule has 1 N–H and O–H groups in total. The molecule has 0 saturated carbocycles. The summed E-state index contributed by atoms with van der Waals surface area (Å²) in [4.78, 5) is 31.1. The second-order valence-corrected chi connectivity index (χ2v) is 9.28. The standard InChI is InChI=1S/C25H22ClN3O2S/c1-15-8-6-13-22(16(15)2)29-24(31)20-11-4-5-12-21(20)28-25(29)32-17(3)23(30)27-19-10-7-9-18(26)14-19/h4-14,17H,1-3H3,(H,27,30). The van der Waals surface area contributed by atoms with Gasteiger partial charge in [0.15, 0.2) is 5.16 Å². The molecule has 0 aliphatic carbocycles. The molecule has 4 aromatic rings. The highest BCUT2D eigenvalue weighted by Crippen LogP contribution is 2.28. The SMILES string of the molecule is Cc1cccc(-n2c(SC(C)C(=O)Nc3cccc(Cl)c3)nc3ccccc3c2=O)c1C. The van der Waals surface area contributed by atoms with Gasteiger partial charge in [-0.15, -0.1) is 0 Å². The number of benzene rings is 3. The maximum atomic E-state index is 13.5. The lowest BCUT2D eigenvalue weighted by Gasteiger charge is -2.18. The average Bonchev–Trinajstić information content (AvgIpc) is 2.76. The molecule has 0 saturated heterocycles. The van der Waals surface area contributed by atoms with Crippen molar-refractivity contribution in [3.8, 4) is 5.69 Å². The van der Waals surface area contributed by atoms with E-state index in [4.69, 9.17) is 16.6 Å². The molecule has 1 atom stereocenters. The quantitative estimate of drug-likeness (QED) is 0.301. The number of carbonyl (C=O) groups is 1. The molecule has 162 valence electrons. The third-order valence-electron chi connectivity index (χ3n) is 5.31. The van der Waals surface area contributed by atoms with Crippen molar-refractivity contribution in [2.24, 2.45) is 0 Å². The second kappa shape index (κ2) is 9.18. The molecule has 0 fully saturated rings. The summed E-state index contributed by atoms with van der Waals surface area (Å²) < 4.78 is 1.61. The van der Waals surface area contributed by atoms with Gasteiger partial charge in [-0.05, 0) is 68.3 Å². The van der Waals surface area contributed by atoms with Gasteiger partial charge in [0.2, 0.25) is 5.91 Å². The van der Waals surface area contributed by atoms with Gasteiger partial charge in [0.25, 0.3) is 5.56 Å². The molecule has 1 amide bonds. The van der Waals surface area contributed by atoms with Crippen LogP contribution in [0.5, 0.6) is 0 Å². The summed E-state index contributed by atoms with van der Waals surface area (Å²) in [6.45, 7) is 5.78. The summed E-state index contributed by atoms with van der Waals surface area (Å²) in [6, 6.07) is 20.1. The van der Waals surface area contributed by atoms with E-state index in [2.05, 4.69) is 5.32 Å². The van der Waals surface area contributed by atoms with Crippen molar-refractivity contribution in [1.29, 1.82) is 0 Å². The lowest BCUT2D eigenvalue weighted by molar-refractivity contribution is -0.115. The largest absolute Gasteiger partial charge is 0.325 e. The maximum Gasteiger partial charge on any atom is 0.266 e. The fourth-order valence-corrected chi connectivity index (χ4v) is 4.51. The number of thioether (sulfide) groups is 1. The number of hydrogen-bond donors (Lipinski definition) is 1. The van der Waals surface area contributed by atoms with Crippen molar-refractivity contribution in [2.75, 3.05) is 5.32 Å². The first kappa shape index (κ1) is 22.1. The topological polar surface area (TPSA) is 64.0 Å². The Bertz CT molecular complexity index is 1380. The number of rotatable bonds is 5. The van der Waals surface area contributed by atoms with Gasteiger partial charge >= 0.3 is 0 Å².